The van der Waals surface area contributed by atoms with Crippen molar-refractivity contribution in [3.63, 3.8) is 0 Å². The zero-order valence-electron chi connectivity index (χ0n) is 18.2. The number of hydrogen-bond acceptors (Lipinski definition) is 3. The first-order chi connectivity index (χ1) is 16.7. The second-order valence-electron chi connectivity index (χ2n) is 8.59. The number of ether oxygens (including phenoxy) is 1. The van der Waals surface area contributed by atoms with Crippen LogP contribution in [0.25, 0.3) is 33.8 Å². The third kappa shape index (κ3) is 2.31. The molecule has 0 saturated heterocycles. The molecule has 0 radical (unpaired) electrons. The molecule has 0 aliphatic carbocycles. The van der Waals surface area contributed by atoms with Crippen LogP contribution in [0.4, 0.5) is 16.2 Å². The molecule has 1 aromatic heterocycles. The van der Waals surface area contributed by atoms with Crippen molar-refractivity contribution in [1.82, 2.24) is 0 Å². The Bertz CT molecular complexity index is 1700. The highest BCUT2D eigenvalue weighted by molar-refractivity contribution is 6.99. The van der Waals surface area contributed by atoms with Crippen molar-refractivity contribution in [3.05, 3.63) is 103 Å². The molecule has 0 fully saturated rings. The third-order valence-corrected chi connectivity index (χ3v) is 6.88. The summed E-state index contributed by atoms with van der Waals surface area (Å²) in [6, 6.07) is 26.4. The zero-order chi connectivity index (χ0) is 23.0. The van der Waals surface area contributed by atoms with E-state index >= 15 is 0 Å². The summed E-state index contributed by atoms with van der Waals surface area (Å²) < 4.78 is 12.1. The molecule has 0 N–H and O–H groups in total. The van der Waals surface area contributed by atoms with Crippen LogP contribution in [0.2, 0.25) is 0 Å². The van der Waals surface area contributed by atoms with Crippen LogP contribution >= 0.6 is 0 Å². The standard InChI is InChI=1S/C29H18BNO3/c1-3-19-24-17(2)33-29(32)31-22-15-9-8-14-21(22)30(18-11-5-4-6-12-18)26(27(24)31)25-20-13-7-10-16-23(20)34-28(19)25/h3-16H,1-2H2. The van der Waals surface area contributed by atoms with Crippen molar-refractivity contribution in [2.75, 3.05) is 4.90 Å². The highest BCUT2D eigenvalue weighted by Crippen LogP contribution is 2.46. The molecule has 1 amide bonds. The number of hydrogen-bond donors (Lipinski definition) is 0. The Balaban J connectivity index is 1.77. The highest BCUT2D eigenvalue weighted by atomic mass is 16.6. The molecule has 4 nitrogen and oxygen atoms in total. The van der Waals surface area contributed by atoms with Gasteiger partial charge in [-0.2, -0.15) is 0 Å². The number of carbonyl (C=O) groups excluding carboxylic acids is 1. The summed E-state index contributed by atoms with van der Waals surface area (Å²) in [4.78, 5) is 15.0. The van der Waals surface area contributed by atoms with Crippen molar-refractivity contribution in [2.45, 2.75) is 0 Å². The van der Waals surface area contributed by atoms with Crippen LogP contribution in [0.15, 0.2) is 96.4 Å². The molecule has 0 bridgehead atoms. The lowest BCUT2D eigenvalue weighted by atomic mass is 9.34. The average Bonchev–Trinajstić information content (AvgIpc) is 3.25. The lowest BCUT2D eigenvalue weighted by Gasteiger charge is -2.40. The van der Waals surface area contributed by atoms with Crippen molar-refractivity contribution in [1.29, 1.82) is 0 Å². The maximum Gasteiger partial charge on any atom is 0.424 e. The fourth-order valence-electron chi connectivity index (χ4n) is 5.58. The summed E-state index contributed by atoms with van der Waals surface area (Å²) in [5, 5.41) is 1.99. The number of rotatable bonds is 2. The van der Waals surface area contributed by atoms with Gasteiger partial charge in [-0.1, -0.05) is 91.4 Å². The Morgan fingerprint density at radius 2 is 1.65 bits per heavy atom. The van der Waals surface area contributed by atoms with Crippen molar-refractivity contribution in [2.24, 2.45) is 0 Å². The second kappa shape index (κ2) is 6.75. The molecule has 0 unspecified atom stereocenters. The fourth-order valence-corrected chi connectivity index (χ4v) is 5.58. The number of benzene rings is 4. The van der Waals surface area contributed by atoms with Gasteiger partial charge in [0.25, 0.3) is 0 Å². The predicted octanol–water partition coefficient (Wildman–Crippen LogP) is 5.32. The number of anilines is 2. The highest BCUT2D eigenvalue weighted by Gasteiger charge is 2.45. The van der Waals surface area contributed by atoms with E-state index in [9.17, 15) is 4.79 Å². The Morgan fingerprint density at radius 3 is 2.47 bits per heavy atom. The van der Waals surface area contributed by atoms with Crippen LogP contribution in [0.3, 0.4) is 0 Å². The molecule has 160 valence electrons. The van der Waals surface area contributed by atoms with Gasteiger partial charge in [-0.25, -0.2) is 9.69 Å². The lowest BCUT2D eigenvalue weighted by Crippen LogP contribution is -2.59. The number of carbonyl (C=O) groups is 1. The SMILES string of the molecule is C=Cc1c2c3c(c4c1oc1ccccc14)B(c1ccccc1)c1ccccc1N3C(=O)OC2=C. The number of para-hydroxylation sites is 2. The smallest absolute Gasteiger partial charge is 0.424 e. The molecule has 2 aliphatic rings. The maximum atomic E-state index is 13.3. The summed E-state index contributed by atoms with van der Waals surface area (Å²) in [6.45, 7) is 8.07. The van der Waals surface area contributed by atoms with Gasteiger partial charge in [-0.05, 0) is 23.1 Å². The predicted molar refractivity (Wildman–Crippen MR) is 139 cm³/mol. The van der Waals surface area contributed by atoms with Crippen LogP contribution in [0.5, 0.6) is 0 Å². The molecule has 7 rings (SSSR count). The lowest BCUT2D eigenvalue weighted by molar-refractivity contribution is 0.200. The molecule has 5 heteroatoms. The van der Waals surface area contributed by atoms with Gasteiger partial charge >= 0.3 is 6.09 Å². The third-order valence-electron chi connectivity index (χ3n) is 6.88. The minimum Gasteiger partial charge on any atom is -0.455 e. The minimum absolute atomic E-state index is 0.108. The van der Waals surface area contributed by atoms with Gasteiger partial charge in [-0.3, -0.25) is 0 Å². The summed E-state index contributed by atoms with van der Waals surface area (Å²) >= 11 is 0. The van der Waals surface area contributed by atoms with Gasteiger partial charge in [0.15, 0.2) is 0 Å². The van der Waals surface area contributed by atoms with Crippen LogP contribution < -0.4 is 21.3 Å². The first kappa shape index (κ1) is 19.0. The van der Waals surface area contributed by atoms with Crippen LogP contribution in [-0.2, 0) is 4.74 Å². The fraction of sp³-hybridized carbons (Fsp3) is 0. The van der Waals surface area contributed by atoms with E-state index < -0.39 is 6.09 Å². The van der Waals surface area contributed by atoms with E-state index in [1.165, 1.54) is 0 Å². The quantitative estimate of drug-likeness (QED) is 0.350. The Kier molecular flexibility index (Phi) is 3.77. The van der Waals surface area contributed by atoms with Gasteiger partial charge in [0.1, 0.15) is 16.9 Å². The molecule has 2 aliphatic heterocycles. The largest absolute Gasteiger partial charge is 0.455 e. The number of nitrogens with zero attached hydrogens (tertiary/aromatic N) is 1. The Labute approximate surface area is 196 Å². The summed E-state index contributed by atoms with van der Waals surface area (Å²) in [5.74, 6) is 0.306. The molecule has 0 saturated carbocycles. The monoisotopic (exact) mass is 439 g/mol. The summed E-state index contributed by atoms with van der Waals surface area (Å²) in [5.41, 5.74) is 7.83. The number of fused-ring (bicyclic) bond motifs is 6. The molecular weight excluding hydrogens is 421 g/mol. The second-order valence-corrected chi connectivity index (χ2v) is 8.59. The van der Waals surface area contributed by atoms with Crippen molar-refractivity contribution < 1.29 is 13.9 Å². The minimum atomic E-state index is -0.458. The number of cyclic esters (lactones) is 1. The Hall–Kier alpha value is -4.51. The number of amides is 1. The number of furan rings is 1. The molecular formula is C29H18BNO3. The van der Waals surface area contributed by atoms with E-state index in [0.29, 0.717) is 5.76 Å². The molecule has 4 aromatic carbocycles. The molecule has 5 aromatic rings. The van der Waals surface area contributed by atoms with E-state index in [-0.39, 0.29) is 6.71 Å². The van der Waals surface area contributed by atoms with E-state index in [2.05, 4.69) is 37.4 Å². The van der Waals surface area contributed by atoms with E-state index in [1.807, 2.05) is 54.6 Å². The van der Waals surface area contributed by atoms with Crippen molar-refractivity contribution in [3.8, 4) is 0 Å². The van der Waals surface area contributed by atoms with Crippen LogP contribution in [0.1, 0.15) is 11.1 Å². The van der Waals surface area contributed by atoms with E-state index in [4.69, 9.17) is 9.15 Å². The van der Waals surface area contributed by atoms with Gasteiger partial charge in [-0.15, -0.1) is 0 Å². The van der Waals surface area contributed by atoms with Crippen molar-refractivity contribution >= 4 is 74.3 Å². The summed E-state index contributed by atoms with van der Waals surface area (Å²) in [6.07, 6.45) is 1.31. The van der Waals surface area contributed by atoms with Gasteiger partial charge < -0.3 is 9.15 Å². The van der Waals surface area contributed by atoms with E-state index in [0.717, 1.165) is 60.8 Å². The molecule has 3 heterocycles. The molecule has 0 atom stereocenters. The normalized spacial score (nSPS) is 14.2. The van der Waals surface area contributed by atoms with Gasteiger partial charge in [0, 0.05) is 22.0 Å². The maximum absolute atomic E-state index is 13.3. The van der Waals surface area contributed by atoms with Gasteiger partial charge in [0.05, 0.1) is 11.3 Å². The van der Waals surface area contributed by atoms with Crippen LogP contribution in [-0.4, -0.2) is 12.8 Å². The zero-order valence-corrected chi connectivity index (χ0v) is 18.2. The summed E-state index contributed by atoms with van der Waals surface area (Å²) in [7, 11) is 0. The Morgan fingerprint density at radius 1 is 0.912 bits per heavy atom. The first-order valence-corrected chi connectivity index (χ1v) is 11.2. The molecule has 0 spiro atoms. The van der Waals surface area contributed by atoms with E-state index in [1.54, 1.807) is 11.0 Å². The topological polar surface area (TPSA) is 42.7 Å². The molecule has 34 heavy (non-hydrogen) atoms. The van der Waals surface area contributed by atoms with Crippen LogP contribution in [0, 0.1) is 0 Å². The van der Waals surface area contributed by atoms with Gasteiger partial charge in [0.2, 0.25) is 6.71 Å². The average molecular weight is 439 g/mol. The first-order valence-electron chi connectivity index (χ1n) is 11.2.